The summed E-state index contributed by atoms with van der Waals surface area (Å²) in [6.07, 6.45) is -3.22. The Morgan fingerprint density at radius 1 is 1.15 bits per heavy atom. The fraction of sp³-hybridized carbons (Fsp3) is 0.0588. The lowest BCUT2D eigenvalue weighted by Crippen LogP contribution is -2.19. The van der Waals surface area contributed by atoms with Crippen LogP contribution < -0.4 is 10.1 Å². The molecule has 140 valence electrons. The van der Waals surface area contributed by atoms with Gasteiger partial charge in [0.2, 0.25) is 0 Å². The standard InChI is InChI=1S/C17H10Cl2F3N3O2/c18-11-3-5-12(6-4-11)27-16(26)24-14-2-1-7-25(14)15-13(19)8-10(9-23-15)17(20,21)22/h1-9H,(H,24,26). The number of nitrogens with zero attached hydrogens (tertiary/aromatic N) is 2. The molecule has 0 bridgehead atoms. The van der Waals surface area contributed by atoms with E-state index in [-0.39, 0.29) is 22.4 Å². The lowest BCUT2D eigenvalue weighted by Gasteiger charge is -2.13. The minimum atomic E-state index is -4.56. The zero-order valence-corrected chi connectivity index (χ0v) is 14.8. The molecule has 0 fully saturated rings. The molecule has 10 heteroatoms. The number of rotatable bonds is 3. The van der Waals surface area contributed by atoms with Gasteiger partial charge >= 0.3 is 12.3 Å². The van der Waals surface area contributed by atoms with Gasteiger partial charge in [-0.3, -0.25) is 9.88 Å². The first-order chi connectivity index (χ1) is 12.7. The van der Waals surface area contributed by atoms with Crippen LogP contribution in [0, 0.1) is 0 Å². The van der Waals surface area contributed by atoms with E-state index in [0.717, 1.165) is 6.07 Å². The largest absolute Gasteiger partial charge is 0.418 e. The van der Waals surface area contributed by atoms with Crippen LogP contribution in [0.15, 0.2) is 54.9 Å². The van der Waals surface area contributed by atoms with E-state index in [0.29, 0.717) is 11.2 Å². The zero-order chi connectivity index (χ0) is 19.6. The van der Waals surface area contributed by atoms with Gasteiger partial charge in [-0.2, -0.15) is 13.2 Å². The number of aromatic nitrogens is 2. The van der Waals surface area contributed by atoms with Crippen LogP contribution >= 0.6 is 23.2 Å². The highest BCUT2D eigenvalue weighted by atomic mass is 35.5. The van der Waals surface area contributed by atoms with Crippen LogP contribution in [0.2, 0.25) is 10.0 Å². The molecule has 2 aromatic heterocycles. The van der Waals surface area contributed by atoms with Crippen LogP contribution in [0.5, 0.6) is 5.75 Å². The van der Waals surface area contributed by atoms with Crippen molar-refractivity contribution in [3.8, 4) is 11.6 Å². The number of pyridine rings is 1. The molecular weight excluding hydrogens is 406 g/mol. The molecule has 5 nitrogen and oxygen atoms in total. The first-order valence-electron chi connectivity index (χ1n) is 7.39. The average molecular weight is 416 g/mol. The van der Waals surface area contributed by atoms with Gasteiger partial charge in [-0.25, -0.2) is 9.78 Å². The van der Waals surface area contributed by atoms with E-state index in [2.05, 4.69) is 10.3 Å². The third-order valence-corrected chi connectivity index (χ3v) is 3.91. The van der Waals surface area contributed by atoms with Gasteiger partial charge in [0.1, 0.15) is 11.6 Å². The maximum absolute atomic E-state index is 12.7. The Morgan fingerprint density at radius 2 is 1.85 bits per heavy atom. The Hall–Kier alpha value is -2.71. The monoisotopic (exact) mass is 415 g/mol. The molecule has 0 radical (unpaired) electrons. The maximum atomic E-state index is 12.7. The molecule has 2 heterocycles. The minimum Gasteiger partial charge on any atom is -0.410 e. The van der Waals surface area contributed by atoms with Crippen molar-refractivity contribution in [2.24, 2.45) is 0 Å². The van der Waals surface area contributed by atoms with Gasteiger partial charge in [0.15, 0.2) is 5.82 Å². The quantitative estimate of drug-likeness (QED) is 0.587. The van der Waals surface area contributed by atoms with Gasteiger partial charge in [-0.05, 0) is 42.5 Å². The Balaban J connectivity index is 1.80. The molecule has 1 amide bonds. The highest BCUT2D eigenvalue weighted by molar-refractivity contribution is 6.32. The summed E-state index contributed by atoms with van der Waals surface area (Å²) in [6.45, 7) is 0. The van der Waals surface area contributed by atoms with Gasteiger partial charge < -0.3 is 4.74 Å². The third-order valence-electron chi connectivity index (χ3n) is 3.38. The van der Waals surface area contributed by atoms with E-state index in [1.54, 1.807) is 18.2 Å². The topological polar surface area (TPSA) is 56.2 Å². The Bertz CT molecular complexity index is 972. The number of ether oxygens (including phenoxy) is 1. The number of carbonyl (C=O) groups excluding carboxylic acids is 1. The molecule has 27 heavy (non-hydrogen) atoms. The average Bonchev–Trinajstić information content (AvgIpc) is 3.03. The molecule has 0 atom stereocenters. The van der Waals surface area contributed by atoms with Crippen LogP contribution in [-0.2, 0) is 6.18 Å². The van der Waals surface area contributed by atoms with E-state index in [1.807, 2.05) is 0 Å². The summed E-state index contributed by atoms with van der Waals surface area (Å²) in [6, 6.07) is 9.97. The summed E-state index contributed by atoms with van der Waals surface area (Å²) >= 11 is 11.7. The molecule has 0 aliphatic rings. The van der Waals surface area contributed by atoms with Crippen molar-refractivity contribution in [2.75, 3.05) is 5.32 Å². The predicted molar refractivity (Wildman–Crippen MR) is 94.7 cm³/mol. The van der Waals surface area contributed by atoms with Crippen LogP contribution in [0.3, 0.4) is 0 Å². The van der Waals surface area contributed by atoms with Gasteiger partial charge in [0.05, 0.1) is 10.6 Å². The lowest BCUT2D eigenvalue weighted by atomic mass is 10.3. The number of hydrogen-bond donors (Lipinski definition) is 1. The highest BCUT2D eigenvalue weighted by Crippen LogP contribution is 2.32. The molecule has 0 saturated carbocycles. The fourth-order valence-electron chi connectivity index (χ4n) is 2.17. The van der Waals surface area contributed by atoms with Crippen molar-refractivity contribution >= 4 is 35.1 Å². The summed E-state index contributed by atoms with van der Waals surface area (Å²) < 4.78 is 44.6. The molecule has 0 unspecified atom stereocenters. The number of halogens is 5. The van der Waals surface area contributed by atoms with Crippen molar-refractivity contribution < 1.29 is 22.7 Å². The minimum absolute atomic E-state index is 0.0245. The van der Waals surface area contributed by atoms with Crippen LogP contribution in [0.25, 0.3) is 5.82 Å². The fourth-order valence-corrected chi connectivity index (χ4v) is 2.55. The summed E-state index contributed by atoms with van der Waals surface area (Å²) in [5.41, 5.74) is -0.972. The molecule has 0 aliphatic carbocycles. The van der Waals surface area contributed by atoms with Crippen molar-refractivity contribution in [3.63, 3.8) is 0 Å². The first-order valence-corrected chi connectivity index (χ1v) is 8.14. The number of nitrogens with one attached hydrogen (secondary N) is 1. The number of benzene rings is 1. The molecule has 3 rings (SSSR count). The van der Waals surface area contributed by atoms with Crippen LogP contribution in [0.1, 0.15) is 5.56 Å². The first kappa shape index (κ1) is 19.1. The lowest BCUT2D eigenvalue weighted by molar-refractivity contribution is -0.137. The highest BCUT2D eigenvalue weighted by Gasteiger charge is 2.31. The van der Waals surface area contributed by atoms with Gasteiger partial charge in [0, 0.05) is 17.4 Å². The summed E-state index contributed by atoms with van der Waals surface area (Å²) in [4.78, 5) is 15.8. The van der Waals surface area contributed by atoms with Crippen LogP contribution in [0.4, 0.5) is 23.8 Å². The SMILES string of the molecule is O=C(Nc1cccn1-c1ncc(C(F)(F)F)cc1Cl)Oc1ccc(Cl)cc1. The smallest absolute Gasteiger partial charge is 0.410 e. The second-order valence-electron chi connectivity index (χ2n) is 5.26. The molecular formula is C17H10Cl2F3N3O2. The number of anilines is 1. The van der Waals surface area contributed by atoms with Crippen molar-refractivity contribution in [3.05, 3.63) is 70.5 Å². The molecule has 0 spiro atoms. The number of hydrogen-bond acceptors (Lipinski definition) is 3. The van der Waals surface area contributed by atoms with E-state index in [1.165, 1.54) is 29.0 Å². The number of carbonyl (C=O) groups is 1. The van der Waals surface area contributed by atoms with E-state index >= 15 is 0 Å². The number of alkyl halides is 3. The van der Waals surface area contributed by atoms with Crippen molar-refractivity contribution in [1.82, 2.24) is 9.55 Å². The second kappa shape index (κ2) is 7.50. The Labute approximate surface area is 161 Å². The summed E-state index contributed by atoms with van der Waals surface area (Å²) in [7, 11) is 0. The number of amides is 1. The predicted octanol–water partition coefficient (Wildman–Crippen LogP) is 5.81. The van der Waals surface area contributed by atoms with Gasteiger partial charge in [0.25, 0.3) is 0 Å². The van der Waals surface area contributed by atoms with E-state index < -0.39 is 17.8 Å². The zero-order valence-electron chi connectivity index (χ0n) is 13.3. The van der Waals surface area contributed by atoms with Gasteiger partial charge in [-0.15, -0.1) is 0 Å². The third kappa shape index (κ3) is 4.53. The van der Waals surface area contributed by atoms with E-state index in [9.17, 15) is 18.0 Å². The molecule has 1 N–H and O–H groups in total. The van der Waals surface area contributed by atoms with E-state index in [4.69, 9.17) is 27.9 Å². The molecule has 0 saturated heterocycles. The normalized spacial score (nSPS) is 11.3. The van der Waals surface area contributed by atoms with Gasteiger partial charge in [-0.1, -0.05) is 23.2 Å². The van der Waals surface area contributed by atoms with Crippen molar-refractivity contribution in [2.45, 2.75) is 6.18 Å². The van der Waals surface area contributed by atoms with Crippen molar-refractivity contribution in [1.29, 1.82) is 0 Å². The molecule has 3 aromatic rings. The molecule has 0 aliphatic heterocycles. The van der Waals surface area contributed by atoms with Crippen LogP contribution in [-0.4, -0.2) is 15.6 Å². The molecule has 1 aromatic carbocycles. The Morgan fingerprint density at radius 3 is 2.48 bits per heavy atom. The Kier molecular flexibility index (Phi) is 5.29. The second-order valence-corrected chi connectivity index (χ2v) is 6.10. The summed E-state index contributed by atoms with van der Waals surface area (Å²) in [5, 5.41) is 2.73. The summed E-state index contributed by atoms with van der Waals surface area (Å²) in [5.74, 6) is 0.500. The maximum Gasteiger partial charge on any atom is 0.418 e.